The van der Waals surface area contributed by atoms with Gasteiger partial charge in [-0.1, -0.05) is 6.92 Å². The van der Waals surface area contributed by atoms with Gasteiger partial charge in [-0.3, -0.25) is 19.4 Å². The third-order valence-electron chi connectivity index (χ3n) is 4.44. The minimum atomic E-state index is -0.250. The maximum atomic E-state index is 12.2. The van der Waals surface area contributed by atoms with Crippen LogP contribution in [-0.4, -0.2) is 52.2 Å². The highest BCUT2D eigenvalue weighted by Gasteiger charge is 2.28. The highest BCUT2D eigenvalue weighted by Crippen LogP contribution is 2.25. The molecule has 2 amide bonds. The second kappa shape index (κ2) is 12.0. The third kappa shape index (κ3) is 7.18. The fourth-order valence-corrected chi connectivity index (χ4v) is 2.87. The van der Waals surface area contributed by atoms with E-state index in [-0.39, 0.29) is 42.9 Å². The predicted octanol–water partition coefficient (Wildman–Crippen LogP) is 0.958. The van der Waals surface area contributed by atoms with E-state index in [1.165, 1.54) is 0 Å². The number of pyridine rings is 1. The van der Waals surface area contributed by atoms with Crippen LogP contribution in [0.4, 0.5) is 0 Å². The van der Waals surface area contributed by atoms with Crippen LogP contribution >= 0.6 is 0 Å². The van der Waals surface area contributed by atoms with Crippen LogP contribution in [0.2, 0.25) is 0 Å². The molecule has 1 aliphatic rings. The van der Waals surface area contributed by atoms with E-state index in [4.69, 9.17) is 15.0 Å². The number of hydrogen-bond donors (Lipinski definition) is 4. The summed E-state index contributed by atoms with van der Waals surface area (Å²) in [5.74, 6) is -0.0962. The summed E-state index contributed by atoms with van der Waals surface area (Å²) in [6.07, 6.45) is 7.03. The van der Waals surface area contributed by atoms with Crippen molar-refractivity contribution < 1.29 is 24.6 Å². The summed E-state index contributed by atoms with van der Waals surface area (Å²) in [6, 6.07) is 3.33. The highest BCUT2D eigenvalue weighted by atomic mass is 16.3. The number of carboxylic acid groups (broad SMARTS) is 1. The lowest BCUT2D eigenvalue weighted by atomic mass is 9.85. The summed E-state index contributed by atoms with van der Waals surface area (Å²) in [5.41, 5.74) is 0.605. The molecule has 1 aliphatic carbocycles. The molecule has 1 atom stereocenters. The minimum Gasteiger partial charge on any atom is -0.483 e. The van der Waals surface area contributed by atoms with Gasteiger partial charge in [-0.25, -0.2) is 0 Å². The fraction of sp³-hybridized carbons (Fsp3) is 0.556. The molecule has 0 aromatic carbocycles. The number of nitrogens with zero attached hydrogens (tertiary/aromatic N) is 1. The molecule has 1 saturated carbocycles. The van der Waals surface area contributed by atoms with Crippen LogP contribution in [0.25, 0.3) is 0 Å². The summed E-state index contributed by atoms with van der Waals surface area (Å²) in [6.45, 7) is 1.66. The second-order valence-corrected chi connectivity index (χ2v) is 6.16. The standard InChI is InChI=1S/C17H25N3O3.CH2O2/c1-2-14(11-21)19-16(22)12-3-5-15(6-4-12)20-17(23)13-7-9-18-10-8-13;2-1-3/h7-10,12,14-15,21H,2-6,11H2,1H3,(H,19,22)(H,20,23);1H,(H,2,3)/t12?,14-,15?;/m0./s1. The Hall–Kier alpha value is -2.48. The molecular formula is C18H27N3O5. The zero-order valence-electron chi connectivity index (χ0n) is 14.9. The molecule has 0 saturated heterocycles. The van der Waals surface area contributed by atoms with Crippen molar-refractivity contribution in [1.82, 2.24) is 15.6 Å². The monoisotopic (exact) mass is 365 g/mol. The van der Waals surface area contributed by atoms with Gasteiger partial charge in [0.25, 0.3) is 12.4 Å². The molecule has 2 rings (SSSR count). The Morgan fingerprint density at radius 2 is 1.85 bits per heavy atom. The predicted molar refractivity (Wildman–Crippen MR) is 95.4 cm³/mol. The van der Waals surface area contributed by atoms with Crippen molar-refractivity contribution in [2.45, 2.75) is 51.1 Å². The molecule has 0 unspecified atom stereocenters. The molecule has 1 aromatic rings. The second-order valence-electron chi connectivity index (χ2n) is 6.16. The number of hydrogen-bond acceptors (Lipinski definition) is 5. The van der Waals surface area contributed by atoms with Crippen molar-refractivity contribution in [1.29, 1.82) is 0 Å². The summed E-state index contributed by atoms with van der Waals surface area (Å²) >= 11 is 0. The van der Waals surface area contributed by atoms with Crippen molar-refractivity contribution in [3.8, 4) is 0 Å². The molecule has 4 N–H and O–H groups in total. The number of rotatable bonds is 6. The Morgan fingerprint density at radius 1 is 1.27 bits per heavy atom. The number of amides is 2. The molecule has 1 aromatic heterocycles. The van der Waals surface area contributed by atoms with E-state index in [1.807, 2.05) is 6.92 Å². The molecule has 1 fully saturated rings. The maximum Gasteiger partial charge on any atom is 0.290 e. The normalized spacial score (nSPS) is 20.1. The first-order chi connectivity index (χ1) is 12.5. The first-order valence-corrected chi connectivity index (χ1v) is 8.75. The fourth-order valence-electron chi connectivity index (χ4n) is 2.87. The molecule has 0 radical (unpaired) electrons. The van der Waals surface area contributed by atoms with Gasteiger partial charge < -0.3 is 20.8 Å². The van der Waals surface area contributed by atoms with Crippen molar-refractivity contribution >= 4 is 18.3 Å². The van der Waals surface area contributed by atoms with E-state index in [0.717, 1.165) is 32.1 Å². The third-order valence-corrected chi connectivity index (χ3v) is 4.44. The average Bonchev–Trinajstić information content (AvgIpc) is 2.67. The number of carbonyl (C=O) groups excluding carboxylic acids is 2. The van der Waals surface area contributed by atoms with Crippen LogP contribution in [0, 0.1) is 5.92 Å². The van der Waals surface area contributed by atoms with Gasteiger partial charge in [0.05, 0.1) is 12.6 Å². The molecule has 0 aliphatic heterocycles. The van der Waals surface area contributed by atoms with Crippen molar-refractivity contribution in [3.05, 3.63) is 30.1 Å². The lowest BCUT2D eigenvalue weighted by Gasteiger charge is -2.29. The van der Waals surface area contributed by atoms with Gasteiger partial charge in [-0.15, -0.1) is 0 Å². The Kier molecular flexibility index (Phi) is 9.93. The molecule has 8 nitrogen and oxygen atoms in total. The number of aromatic nitrogens is 1. The molecule has 144 valence electrons. The Labute approximate surface area is 153 Å². The summed E-state index contributed by atoms with van der Waals surface area (Å²) < 4.78 is 0. The first kappa shape index (κ1) is 21.6. The smallest absolute Gasteiger partial charge is 0.290 e. The Bertz CT molecular complexity index is 555. The molecule has 0 spiro atoms. The van der Waals surface area contributed by atoms with Gasteiger partial charge in [0.1, 0.15) is 0 Å². The summed E-state index contributed by atoms with van der Waals surface area (Å²) in [5, 5.41) is 21.9. The van der Waals surface area contributed by atoms with Crippen LogP contribution in [-0.2, 0) is 9.59 Å². The molecule has 1 heterocycles. The van der Waals surface area contributed by atoms with E-state index in [2.05, 4.69) is 15.6 Å². The Morgan fingerprint density at radius 3 is 2.35 bits per heavy atom. The zero-order chi connectivity index (χ0) is 19.4. The van der Waals surface area contributed by atoms with Crippen molar-refractivity contribution in [2.24, 2.45) is 5.92 Å². The Balaban J connectivity index is 0.00000105. The molecular weight excluding hydrogens is 338 g/mol. The van der Waals surface area contributed by atoms with E-state index in [0.29, 0.717) is 5.56 Å². The van der Waals surface area contributed by atoms with Crippen LogP contribution in [0.15, 0.2) is 24.5 Å². The lowest BCUT2D eigenvalue weighted by molar-refractivity contribution is -0.127. The maximum absolute atomic E-state index is 12.2. The van der Waals surface area contributed by atoms with Crippen molar-refractivity contribution in [3.63, 3.8) is 0 Å². The largest absolute Gasteiger partial charge is 0.483 e. The molecule has 0 bridgehead atoms. The number of nitrogens with one attached hydrogen (secondary N) is 2. The summed E-state index contributed by atoms with van der Waals surface area (Å²) in [4.78, 5) is 36.5. The van der Waals surface area contributed by atoms with Crippen LogP contribution in [0.5, 0.6) is 0 Å². The zero-order valence-corrected chi connectivity index (χ0v) is 14.9. The van der Waals surface area contributed by atoms with Gasteiger partial charge in [0.15, 0.2) is 0 Å². The molecule has 26 heavy (non-hydrogen) atoms. The topological polar surface area (TPSA) is 129 Å². The molecule has 8 heteroatoms. The number of aliphatic hydroxyl groups excluding tert-OH is 1. The van der Waals surface area contributed by atoms with E-state index < -0.39 is 0 Å². The van der Waals surface area contributed by atoms with Gasteiger partial charge in [0, 0.05) is 29.9 Å². The van der Waals surface area contributed by atoms with E-state index in [1.54, 1.807) is 24.5 Å². The number of aliphatic hydroxyl groups is 1. The van der Waals surface area contributed by atoms with Gasteiger partial charge in [-0.05, 0) is 44.2 Å². The van der Waals surface area contributed by atoms with Crippen LogP contribution in [0.1, 0.15) is 49.4 Å². The van der Waals surface area contributed by atoms with Crippen molar-refractivity contribution in [2.75, 3.05) is 6.61 Å². The SMILES string of the molecule is CC[C@@H](CO)NC(=O)C1CCC(NC(=O)c2ccncc2)CC1.O=CO. The van der Waals surface area contributed by atoms with Gasteiger partial charge >= 0.3 is 0 Å². The minimum absolute atomic E-state index is 0.0183. The quantitative estimate of drug-likeness (QED) is 0.556. The average molecular weight is 365 g/mol. The first-order valence-electron chi connectivity index (χ1n) is 8.75. The number of carbonyl (C=O) groups is 3. The van der Waals surface area contributed by atoms with Crippen LogP contribution in [0.3, 0.4) is 0 Å². The van der Waals surface area contributed by atoms with Gasteiger partial charge in [0.2, 0.25) is 5.91 Å². The van der Waals surface area contributed by atoms with E-state index >= 15 is 0 Å². The van der Waals surface area contributed by atoms with Crippen LogP contribution < -0.4 is 10.6 Å². The lowest BCUT2D eigenvalue weighted by Crippen LogP contribution is -2.44. The van der Waals surface area contributed by atoms with E-state index in [9.17, 15) is 9.59 Å². The van der Waals surface area contributed by atoms with Gasteiger partial charge in [-0.2, -0.15) is 0 Å². The summed E-state index contributed by atoms with van der Waals surface area (Å²) in [7, 11) is 0. The highest BCUT2D eigenvalue weighted by molar-refractivity contribution is 5.94.